The lowest BCUT2D eigenvalue weighted by Gasteiger charge is -1.64. The molecule has 76 valence electrons. The summed E-state index contributed by atoms with van der Waals surface area (Å²) >= 11 is 0. The third-order valence-corrected chi connectivity index (χ3v) is 0.175. The Balaban J connectivity index is -0.000000117. The zero-order chi connectivity index (χ0) is 11.4. The fraction of sp³-hybridized carbons (Fsp3) is 0. The van der Waals surface area contributed by atoms with E-state index in [1.165, 1.54) is 0 Å². The quantitative estimate of drug-likeness (QED) is 0.311. The molecule has 0 aromatic rings. The zero-order valence-electron chi connectivity index (χ0n) is 6.77. The molecule has 0 fully saturated rings. The number of carboxylic acid groups (broad SMARTS) is 1. The van der Waals surface area contributed by atoms with Crippen molar-refractivity contribution in [3.8, 4) is 0 Å². The van der Waals surface area contributed by atoms with Gasteiger partial charge in [0.05, 0.1) is 0 Å². The maximum atomic E-state index is 9.25. The normalized spacial score (nSPS) is 6.15. The van der Waals surface area contributed by atoms with Crippen LogP contribution in [0.4, 0.5) is 9.59 Å². The van der Waals surface area contributed by atoms with Crippen LogP contribution in [0.25, 0.3) is 0 Å². The van der Waals surface area contributed by atoms with Gasteiger partial charge in [-0.05, 0) is 0 Å². The Hall–Kier alpha value is -2.25. The molecule has 0 aromatic heterocycles. The molecule has 0 saturated heterocycles. The molecule has 8 nitrogen and oxygen atoms in total. The predicted octanol–water partition coefficient (Wildman–Crippen LogP) is -1.70. The van der Waals surface area contributed by atoms with Crippen molar-refractivity contribution < 1.29 is 19.5 Å². The summed E-state index contributed by atoms with van der Waals surface area (Å²) in [6.07, 6.45) is 0.833. The van der Waals surface area contributed by atoms with E-state index in [4.69, 9.17) is 14.7 Å². The third kappa shape index (κ3) is 9370. The van der Waals surface area contributed by atoms with Crippen LogP contribution in [-0.2, 0) is 4.79 Å². The van der Waals surface area contributed by atoms with Gasteiger partial charge in [0, 0.05) is 6.08 Å². The van der Waals surface area contributed by atoms with E-state index in [0.717, 1.165) is 6.08 Å². The topological polar surface area (TPSA) is 176 Å². The number of hydrogen-bond donors (Lipinski definition) is 5. The number of hydrogen-bond acceptors (Lipinski definition) is 3. The van der Waals surface area contributed by atoms with Gasteiger partial charge in [0.2, 0.25) is 0 Å². The van der Waals surface area contributed by atoms with Crippen LogP contribution in [0.15, 0.2) is 12.7 Å². The van der Waals surface area contributed by atoms with Crippen molar-refractivity contribution in [3.05, 3.63) is 12.7 Å². The van der Waals surface area contributed by atoms with Gasteiger partial charge in [-0.15, -0.1) is 0 Å². The molecule has 0 unspecified atom stereocenters. The minimum absolute atomic E-state index is 0.833. The van der Waals surface area contributed by atoms with Crippen molar-refractivity contribution in [2.45, 2.75) is 0 Å². The molecule has 0 spiro atoms. The molecule has 0 aliphatic rings. The molecule has 0 aromatic carbocycles. The number of rotatable bonds is 1. The Morgan fingerprint density at radius 3 is 1.08 bits per heavy atom. The minimum Gasteiger partial charge on any atom is -0.478 e. The number of aliphatic carboxylic acids is 1. The maximum absolute atomic E-state index is 9.25. The molecule has 13 heavy (non-hydrogen) atoms. The fourth-order valence-corrected chi connectivity index (χ4v) is 0. The van der Waals surface area contributed by atoms with Crippen molar-refractivity contribution in [1.82, 2.24) is 0 Å². The van der Waals surface area contributed by atoms with Crippen molar-refractivity contribution in [3.63, 3.8) is 0 Å². The number of nitrogens with two attached hydrogens (primary N) is 4. The summed E-state index contributed by atoms with van der Waals surface area (Å²) in [4.78, 5) is 27.2. The first-order valence-corrected chi connectivity index (χ1v) is 2.69. The van der Waals surface area contributed by atoms with Crippen LogP contribution in [0.5, 0.6) is 0 Å². The lowest BCUT2D eigenvalue weighted by atomic mass is 10.7. The highest BCUT2D eigenvalue weighted by molar-refractivity contribution is 5.78. The Morgan fingerprint density at radius 2 is 1.08 bits per heavy atom. The molecule has 8 heteroatoms. The summed E-state index contributed by atoms with van der Waals surface area (Å²) in [5.41, 5.74) is 17.0. The van der Waals surface area contributed by atoms with Gasteiger partial charge >= 0.3 is 18.0 Å². The van der Waals surface area contributed by atoms with Crippen LogP contribution in [-0.4, -0.2) is 23.1 Å². The van der Waals surface area contributed by atoms with Gasteiger partial charge in [-0.3, -0.25) is 0 Å². The monoisotopic (exact) mass is 192 g/mol. The van der Waals surface area contributed by atoms with E-state index in [1.54, 1.807) is 0 Å². The van der Waals surface area contributed by atoms with Crippen molar-refractivity contribution in [1.29, 1.82) is 0 Å². The summed E-state index contributed by atoms with van der Waals surface area (Å²) in [7, 11) is 0. The molecule has 0 radical (unpaired) electrons. The van der Waals surface area contributed by atoms with E-state index in [0.29, 0.717) is 0 Å². The Bertz CT molecular complexity index is 171. The molecule has 9 N–H and O–H groups in total. The summed E-state index contributed by atoms with van der Waals surface area (Å²) in [5, 5.41) is 7.60. The van der Waals surface area contributed by atoms with Crippen molar-refractivity contribution in [2.75, 3.05) is 0 Å². The van der Waals surface area contributed by atoms with E-state index in [1.807, 2.05) is 0 Å². The van der Waals surface area contributed by atoms with Gasteiger partial charge < -0.3 is 28.0 Å². The summed E-state index contributed by atoms with van der Waals surface area (Å²) < 4.78 is 0. The molecule has 0 saturated carbocycles. The molecule has 0 rings (SSSR count). The molecular weight excluding hydrogens is 180 g/mol. The lowest BCUT2D eigenvalue weighted by Crippen LogP contribution is -2.18. The van der Waals surface area contributed by atoms with E-state index in [2.05, 4.69) is 29.5 Å². The SMILES string of the molecule is C=CC(=O)O.NC(N)=O.NC(N)=O. The highest BCUT2D eigenvalue weighted by Crippen LogP contribution is 1.54. The third-order valence-electron chi connectivity index (χ3n) is 0.175. The molecule has 4 amide bonds. The number of primary amides is 4. The maximum Gasteiger partial charge on any atom is 0.327 e. The van der Waals surface area contributed by atoms with Gasteiger partial charge in [0.25, 0.3) is 0 Å². The van der Waals surface area contributed by atoms with Gasteiger partial charge in [-0.25, -0.2) is 14.4 Å². The smallest absolute Gasteiger partial charge is 0.327 e. The minimum atomic E-state index is -0.981. The van der Waals surface area contributed by atoms with Gasteiger partial charge in [-0.2, -0.15) is 0 Å². The highest BCUT2D eigenvalue weighted by Gasteiger charge is 1.73. The van der Waals surface area contributed by atoms with E-state index in [9.17, 15) is 4.79 Å². The molecule has 0 aliphatic heterocycles. The van der Waals surface area contributed by atoms with E-state index < -0.39 is 18.0 Å². The molecule has 0 aliphatic carbocycles. The number of carboxylic acids is 1. The summed E-state index contributed by atoms with van der Waals surface area (Å²) in [6, 6.07) is -1.67. The average Bonchev–Trinajstić information content (AvgIpc) is 1.84. The van der Waals surface area contributed by atoms with Crippen LogP contribution in [0.3, 0.4) is 0 Å². The second-order valence-corrected chi connectivity index (χ2v) is 1.35. The zero-order valence-corrected chi connectivity index (χ0v) is 6.77. The largest absolute Gasteiger partial charge is 0.478 e. The first kappa shape index (κ1) is 17.0. The van der Waals surface area contributed by atoms with Gasteiger partial charge in [0.1, 0.15) is 0 Å². The van der Waals surface area contributed by atoms with Crippen LogP contribution >= 0.6 is 0 Å². The number of carbonyl (C=O) groups excluding carboxylic acids is 2. The Labute approximate surface area is 74.2 Å². The van der Waals surface area contributed by atoms with Crippen LogP contribution in [0, 0.1) is 0 Å². The fourth-order valence-electron chi connectivity index (χ4n) is 0. The van der Waals surface area contributed by atoms with Crippen LogP contribution in [0.1, 0.15) is 0 Å². The first-order valence-electron chi connectivity index (χ1n) is 2.69. The Kier molecular flexibility index (Phi) is 16.3. The van der Waals surface area contributed by atoms with Gasteiger partial charge in [0.15, 0.2) is 0 Å². The van der Waals surface area contributed by atoms with Crippen molar-refractivity contribution >= 4 is 18.0 Å². The summed E-state index contributed by atoms with van der Waals surface area (Å²) in [5.74, 6) is -0.981. The standard InChI is InChI=1S/C3H4O2.2CH4N2O/c1-2-3(4)5;2*2-1(3)4/h2H,1H2,(H,4,5);2*(H4,2,3,4). The highest BCUT2D eigenvalue weighted by atomic mass is 16.4. The molecule has 0 bridgehead atoms. The molecular formula is C5H12N4O4. The van der Waals surface area contributed by atoms with Crippen LogP contribution < -0.4 is 22.9 Å². The predicted molar refractivity (Wildman–Crippen MR) is 45.4 cm³/mol. The first-order chi connectivity index (χ1) is 5.73. The number of urea groups is 2. The number of amides is 4. The number of carbonyl (C=O) groups is 3. The lowest BCUT2D eigenvalue weighted by molar-refractivity contribution is -0.131. The second-order valence-electron chi connectivity index (χ2n) is 1.35. The summed E-state index contributed by atoms with van der Waals surface area (Å²) in [6.45, 7) is 2.96. The molecule has 0 atom stereocenters. The van der Waals surface area contributed by atoms with Crippen LogP contribution in [0.2, 0.25) is 0 Å². The Morgan fingerprint density at radius 1 is 1.00 bits per heavy atom. The van der Waals surface area contributed by atoms with E-state index >= 15 is 0 Å². The van der Waals surface area contributed by atoms with Gasteiger partial charge in [-0.1, -0.05) is 6.58 Å². The second kappa shape index (κ2) is 12.4. The molecule has 0 heterocycles. The average molecular weight is 192 g/mol. The van der Waals surface area contributed by atoms with E-state index in [-0.39, 0.29) is 0 Å². The van der Waals surface area contributed by atoms with Crippen molar-refractivity contribution in [2.24, 2.45) is 22.9 Å².